The number of hydrogen-bond donors (Lipinski definition) is 1. The molecule has 0 spiro atoms. The van der Waals surface area contributed by atoms with E-state index in [1.54, 1.807) is 0 Å². The van der Waals surface area contributed by atoms with E-state index in [9.17, 15) is 4.79 Å². The molecule has 1 saturated heterocycles. The molecule has 2 aromatic carbocycles. The number of benzene rings is 2. The second-order valence-electron chi connectivity index (χ2n) is 7.04. The minimum Gasteiger partial charge on any atom is -0.367 e. The summed E-state index contributed by atoms with van der Waals surface area (Å²) < 4.78 is 0. The van der Waals surface area contributed by atoms with Gasteiger partial charge < -0.3 is 15.1 Å². The Morgan fingerprint density at radius 3 is 2.24 bits per heavy atom. The van der Waals surface area contributed by atoms with Gasteiger partial charge in [-0.25, -0.2) is 0 Å². The molecule has 0 radical (unpaired) electrons. The summed E-state index contributed by atoms with van der Waals surface area (Å²) in [4.78, 5) is 17.3. The maximum atomic E-state index is 12.6. The smallest absolute Gasteiger partial charge is 0.255 e. The van der Waals surface area contributed by atoms with Crippen molar-refractivity contribution in [3.8, 4) is 0 Å². The summed E-state index contributed by atoms with van der Waals surface area (Å²) in [6.45, 7) is 8.35. The molecule has 4 heteroatoms. The number of likely N-dealkylation sites (N-methyl/N-ethyl adjacent to an activating group) is 1. The molecule has 1 heterocycles. The van der Waals surface area contributed by atoms with Gasteiger partial charge >= 0.3 is 0 Å². The normalized spacial score (nSPS) is 15.4. The van der Waals surface area contributed by atoms with Crippen LogP contribution in [0.15, 0.2) is 48.5 Å². The first-order chi connectivity index (χ1) is 12.0. The van der Waals surface area contributed by atoms with Gasteiger partial charge in [0.25, 0.3) is 5.91 Å². The number of rotatable bonds is 4. The summed E-state index contributed by atoms with van der Waals surface area (Å²) in [5.74, 6) is 0.409. The number of carbonyl (C=O) groups excluding carboxylic acids is 1. The van der Waals surface area contributed by atoms with Crippen LogP contribution in [0.25, 0.3) is 0 Å². The summed E-state index contributed by atoms with van der Waals surface area (Å²) in [5.41, 5.74) is 3.92. The van der Waals surface area contributed by atoms with Gasteiger partial charge in [-0.1, -0.05) is 38.1 Å². The fourth-order valence-corrected chi connectivity index (χ4v) is 3.12. The van der Waals surface area contributed by atoms with E-state index in [0.29, 0.717) is 11.5 Å². The van der Waals surface area contributed by atoms with Crippen LogP contribution in [-0.2, 0) is 0 Å². The van der Waals surface area contributed by atoms with Crippen molar-refractivity contribution in [3.63, 3.8) is 0 Å². The first-order valence-electron chi connectivity index (χ1n) is 8.98. The quantitative estimate of drug-likeness (QED) is 0.921. The third-order valence-electron chi connectivity index (χ3n) is 4.84. The Bertz CT molecular complexity index is 716. The molecule has 132 valence electrons. The largest absolute Gasteiger partial charge is 0.367 e. The monoisotopic (exact) mass is 337 g/mol. The van der Waals surface area contributed by atoms with Crippen molar-refractivity contribution in [2.45, 2.75) is 19.8 Å². The van der Waals surface area contributed by atoms with Crippen LogP contribution < -0.4 is 10.2 Å². The first-order valence-corrected chi connectivity index (χ1v) is 8.98. The lowest BCUT2D eigenvalue weighted by molar-refractivity contribution is 0.102. The van der Waals surface area contributed by atoms with Gasteiger partial charge in [-0.3, -0.25) is 4.79 Å². The van der Waals surface area contributed by atoms with E-state index >= 15 is 0 Å². The van der Waals surface area contributed by atoms with E-state index in [-0.39, 0.29) is 5.91 Å². The predicted octanol–water partition coefficient (Wildman–Crippen LogP) is 3.81. The van der Waals surface area contributed by atoms with E-state index in [0.717, 1.165) is 37.6 Å². The Morgan fingerprint density at radius 2 is 1.60 bits per heavy atom. The Morgan fingerprint density at radius 1 is 0.960 bits per heavy atom. The number of hydrogen-bond acceptors (Lipinski definition) is 3. The number of carbonyl (C=O) groups is 1. The van der Waals surface area contributed by atoms with Crippen molar-refractivity contribution in [3.05, 3.63) is 59.7 Å². The first kappa shape index (κ1) is 17.5. The van der Waals surface area contributed by atoms with E-state index in [4.69, 9.17) is 0 Å². The summed E-state index contributed by atoms with van der Waals surface area (Å²) in [5, 5.41) is 3.09. The molecular weight excluding hydrogens is 310 g/mol. The van der Waals surface area contributed by atoms with Crippen molar-refractivity contribution in [2.24, 2.45) is 0 Å². The van der Waals surface area contributed by atoms with Gasteiger partial charge in [0.2, 0.25) is 0 Å². The van der Waals surface area contributed by atoms with Crippen LogP contribution in [0, 0.1) is 0 Å². The van der Waals surface area contributed by atoms with Gasteiger partial charge in [-0.05, 0) is 42.8 Å². The van der Waals surface area contributed by atoms with E-state index in [1.807, 2.05) is 42.5 Å². The highest BCUT2D eigenvalue weighted by molar-refractivity contribution is 6.06. The second kappa shape index (κ2) is 7.70. The van der Waals surface area contributed by atoms with Crippen LogP contribution in [-0.4, -0.2) is 44.0 Å². The topological polar surface area (TPSA) is 35.6 Å². The fourth-order valence-electron chi connectivity index (χ4n) is 3.12. The lowest BCUT2D eigenvalue weighted by Crippen LogP contribution is -2.44. The third-order valence-corrected chi connectivity index (χ3v) is 4.84. The van der Waals surface area contributed by atoms with Gasteiger partial charge in [0.05, 0.1) is 11.4 Å². The minimum absolute atomic E-state index is 0.0584. The maximum Gasteiger partial charge on any atom is 0.255 e. The van der Waals surface area contributed by atoms with Gasteiger partial charge in [0, 0.05) is 31.7 Å². The fraction of sp³-hybridized carbons (Fsp3) is 0.381. The SMILES string of the molecule is CC(C)c1ccc(C(=O)Nc2ccccc2N2CCN(C)CC2)cc1. The summed E-state index contributed by atoms with van der Waals surface area (Å²) in [6.07, 6.45) is 0. The standard InChI is InChI=1S/C21H27N3O/c1-16(2)17-8-10-18(11-9-17)21(25)22-19-6-4-5-7-20(19)24-14-12-23(3)13-15-24/h4-11,16H,12-15H2,1-3H3,(H,22,25). The lowest BCUT2D eigenvalue weighted by atomic mass is 10.0. The van der Waals surface area contributed by atoms with Crippen molar-refractivity contribution >= 4 is 17.3 Å². The molecule has 0 bridgehead atoms. The van der Waals surface area contributed by atoms with Gasteiger partial charge in [-0.15, -0.1) is 0 Å². The van der Waals surface area contributed by atoms with Crippen LogP contribution in [0.2, 0.25) is 0 Å². The molecule has 0 atom stereocenters. The van der Waals surface area contributed by atoms with E-state index in [1.165, 1.54) is 5.56 Å². The third kappa shape index (κ3) is 4.20. The average molecular weight is 337 g/mol. The molecule has 0 saturated carbocycles. The molecule has 3 rings (SSSR count). The summed E-state index contributed by atoms with van der Waals surface area (Å²) in [7, 11) is 2.14. The van der Waals surface area contributed by atoms with Crippen molar-refractivity contribution in [2.75, 3.05) is 43.4 Å². The highest BCUT2D eigenvalue weighted by atomic mass is 16.1. The number of amides is 1. The molecule has 4 nitrogen and oxygen atoms in total. The van der Waals surface area contributed by atoms with Crippen LogP contribution >= 0.6 is 0 Å². The van der Waals surface area contributed by atoms with Gasteiger partial charge in [-0.2, -0.15) is 0 Å². The molecule has 25 heavy (non-hydrogen) atoms. The molecule has 1 aliphatic rings. The molecule has 1 amide bonds. The number of piperazine rings is 1. The second-order valence-corrected chi connectivity index (χ2v) is 7.04. The highest BCUT2D eigenvalue weighted by Crippen LogP contribution is 2.27. The van der Waals surface area contributed by atoms with Crippen LogP contribution in [0.1, 0.15) is 35.7 Å². The molecule has 0 aliphatic carbocycles. The maximum absolute atomic E-state index is 12.6. The van der Waals surface area contributed by atoms with Crippen LogP contribution in [0.5, 0.6) is 0 Å². The highest BCUT2D eigenvalue weighted by Gasteiger charge is 2.18. The zero-order valence-electron chi connectivity index (χ0n) is 15.3. The Hall–Kier alpha value is -2.33. The van der Waals surface area contributed by atoms with Crippen molar-refractivity contribution in [1.82, 2.24) is 4.90 Å². The molecule has 0 unspecified atom stereocenters. The van der Waals surface area contributed by atoms with E-state index < -0.39 is 0 Å². The number of nitrogens with zero attached hydrogens (tertiary/aromatic N) is 2. The zero-order valence-corrected chi connectivity index (χ0v) is 15.3. The number of nitrogens with one attached hydrogen (secondary N) is 1. The molecule has 0 aromatic heterocycles. The van der Waals surface area contributed by atoms with Gasteiger partial charge in [0.15, 0.2) is 0 Å². The van der Waals surface area contributed by atoms with Crippen LogP contribution in [0.4, 0.5) is 11.4 Å². The Kier molecular flexibility index (Phi) is 5.39. The lowest BCUT2D eigenvalue weighted by Gasteiger charge is -2.35. The van der Waals surface area contributed by atoms with Crippen molar-refractivity contribution in [1.29, 1.82) is 0 Å². The average Bonchev–Trinajstić information content (AvgIpc) is 2.63. The Balaban J connectivity index is 1.75. The van der Waals surface area contributed by atoms with E-state index in [2.05, 4.69) is 42.1 Å². The molecule has 1 N–H and O–H groups in total. The Labute approximate surface area is 150 Å². The number of para-hydroxylation sites is 2. The van der Waals surface area contributed by atoms with Gasteiger partial charge in [0.1, 0.15) is 0 Å². The summed E-state index contributed by atoms with van der Waals surface area (Å²) >= 11 is 0. The molecule has 1 fully saturated rings. The van der Waals surface area contributed by atoms with Crippen molar-refractivity contribution < 1.29 is 4.79 Å². The molecular formula is C21H27N3O. The summed E-state index contributed by atoms with van der Waals surface area (Å²) in [6, 6.07) is 15.9. The predicted molar refractivity (Wildman–Crippen MR) is 105 cm³/mol. The number of anilines is 2. The van der Waals surface area contributed by atoms with Crippen LogP contribution in [0.3, 0.4) is 0 Å². The molecule has 2 aromatic rings. The molecule has 1 aliphatic heterocycles. The zero-order chi connectivity index (χ0) is 17.8. The minimum atomic E-state index is -0.0584.